The summed E-state index contributed by atoms with van der Waals surface area (Å²) in [6.07, 6.45) is 9.70. The molecule has 0 radical (unpaired) electrons. The summed E-state index contributed by atoms with van der Waals surface area (Å²) in [5.74, 6) is -0.425. The Hall–Kier alpha value is -2.13. The van der Waals surface area contributed by atoms with E-state index >= 15 is 0 Å². The molecule has 12 unspecified atom stereocenters. The van der Waals surface area contributed by atoms with Gasteiger partial charge in [0, 0.05) is 37.6 Å². The monoisotopic (exact) mass is 607 g/mol. The van der Waals surface area contributed by atoms with Crippen molar-refractivity contribution in [3.63, 3.8) is 0 Å². The number of hydrogen-bond acceptors (Lipinski definition) is 8. The molecule has 8 heteroatoms. The molecule has 12 atom stereocenters. The molecule has 44 heavy (non-hydrogen) atoms. The van der Waals surface area contributed by atoms with E-state index in [9.17, 15) is 14.7 Å². The van der Waals surface area contributed by atoms with Gasteiger partial charge in [0.2, 0.25) is 0 Å². The number of ether oxygens (including phenoxy) is 4. The van der Waals surface area contributed by atoms with Gasteiger partial charge in [-0.05, 0) is 106 Å². The van der Waals surface area contributed by atoms with E-state index in [4.69, 9.17) is 18.9 Å². The highest BCUT2D eigenvalue weighted by molar-refractivity contribution is 5.92. The summed E-state index contributed by atoms with van der Waals surface area (Å²) in [5, 5.41) is 11.8. The van der Waals surface area contributed by atoms with Crippen LogP contribution in [0.5, 0.6) is 0 Å². The predicted octanol–water partition coefficient (Wildman–Crippen LogP) is 5.86. The number of aliphatic hydroxyl groups excluding tert-OH is 1. The lowest BCUT2D eigenvalue weighted by Gasteiger charge is -2.61. The number of hydrogen-bond donors (Lipinski definition) is 1. The third-order valence-electron chi connectivity index (χ3n) is 13.6. The topological polar surface area (TPSA) is 104 Å². The van der Waals surface area contributed by atoms with Gasteiger partial charge >= 0.3 is 11.9 Å². The Morgan fingerprint density at radius 1 is 1.09 bits per heavy atom. The second kappa shape index (κ2) is 9.93. The lowest BCUT2D eigenvalue weighted by molar-refractivity contribution is -0.407. The molecule has 0 aromatic carbocycles. The minimum Gasteiger partial charge on any atom is -0.461 e. The Morgan fingerprint density at radius 3 is 2.57 bits per heavy atom. The quantitative estimate of drug-likeness (QED) is 0.425. The van der Waals surface area contributed by atoms with Crippen molar-refractivity contribution in [2.45, 2.75) is 129 Å². The fraction of sp³-hybridized carbons (Fsp3) is 0.750. The number of esters is 1. The van der Waals surface area contributed by atoms with E-state index in [1.807, 2.05) is 12.1 Å². The molecular weight excluding hydrogens is 558 g/mol. The SMILES string of the molecule is CC(=O)OC1CC(=O)C=C2CC(O)C3C4CCC(C(C)C5CC6(C)OC(c7cccnc7)(O5)OC6(C)C)C4(C)CCC3C21C. The summed E-state index contributed by atoms with van der Waals surface area (Å²) in [6.45, 7) is 14.7. The van der Waals surface area contributed by atoms with Crippen LogP contribution in [0.1, 0.15) is 99.0 Å². The first-order valence-corrected chi connectivity index (χ1v) is 16.7. The minimum absolute atomic E-state index is 0.0138. The van der Waals surface area contributed by atoms with Gasteiger partial charge in [-0.1, -0.05) is 26.3 Å². The van der Waals surface area contributed by atoms with Crippen LogP contribution in [-0.2, 0) is 34.5 Å². The fourth-order valence-electron chi connectivity index (χ4n) is 11.0. The zero-order chi connectivity index (χ0) is 31.4. The average Bonchev–Trinajstić information content (AvgIpc) is 3.37. The largest absolute Gasteiger partial charge is 0.461 e. The van der Waals surface area contributed by atoms with Crippen LogP contribution in [0.2, 0.25) is 0 Å². The van der Waals surface area contributed by atoms with Gasteiger partial charge in [0.25, 0.3) is 0 Å². The van der Waals surface area contributed by atoms with Gasteiger partial charge in [-0.25, -0.2) is 0 Å². The molecule has 1 N–H and O–H groups in total. The maximum absolute atomic E-state index is 12.7. The molecule has 0 spiro atoms. The van der Waals surface area contributed by atoms with E-state index in [1.165, 1.54) is 6.92 Å². The van der Waals surface area contributed by atoms with E-state index in [-0.39, 0.29) is 47.4 Å². The molecule has 4 aliphatic carbocycles. The summed E-state index contributed by atoms with van der Waals surface area (Å²) >= 11 is 0. The van der Waals surface area contributed by atoms with Crippen molar-refractivity contribution in [1.82, 2.24) is 4.98 Å². The molecule has 5 fully saturated rings. The van der Waals surface area contributed by atoms with Crippen LogP contribution in [0.3, 0.4) is 0 Å². The van der Waals surface area contributed by atoms with Gasteiger partial charge in [0.15, 0.2) is 5.78 Å². The number of fused-ring (bicyclic) bond motifs is 7. The van der Waals surface area contributed by atoms with Crippen LogP contribution < -0.4 is 0 Å². The first-order valence-electron chi connectivity index (χ1n) is 16.7. The zero-order valence-corrected chi connectivity index (χ0v) is 27.3. The summed E-state index contributed by atoms with van der Waals surface area (Å²) < 4.78 is 26.1. The molecular formula is C36H49NO7. The standard InChI is InChI=1S/C36H49NO7/c1-20(29-18-34(6)32(3,4)43-36(42-29,44-34)22-9-8-14-37-19-22)25-10-11-26-31-27(12-13-33(25,26)5)35(7)23(16-28(31)40)15-24(39)17-30(35)41-21(2)38/h8-9,14-15,19-20,25-31,40H,10-13,16-18H2,1-7H3. The smallest absolute Gasteiger partial charge is 0.315 e. The van der Waals surface area contributed by atoms with Gasteiger partial charge in [-0.2, -0.15) is 0 Å². The lowest BCUT2D eigenvalue weighted by Crippen LogP contribution is -2.60. The van der Waals surface area contributed by atoms with Crippen LogP contribution in [0.4, 0.5) is 0 Å². The molecule has 2 saturated heterocycles. The molecule has 3 saturated carbocycles. The normalized spacial score (nSPS) is 48.0. The Kier molecular flexibility index (Phi) is 6.89. The third-order valence-corrected chi connectivity index (χ3v) is 13.6. The van der Waals surface area contributed by atoms with Crippen LogP contribution in [-0.4, -0.2) is 51.4 Å². The van der Waals surface area contributed by atoms with Crippen LogP contribution in [0.25, 0.3) is 0 Å². The van der Waals surface area contributed by atoms with Crippen LogP contribution >= 0.6 is 0 Å². The number of carbonyl (C=O) groups excluding carboxylic acids is 2. The number of ketones is 1. The molecule has 1 aromatic rings. The Bertz CT molecular complexity index is 1370. The highest BCUT2D eigenvalue weighted by Crippen LogP contribution is 2.69. The molecule has 2 aliphatic heterocycles. The van der Waals surface area contributed by atoms with Crippen molar-refractivity contribution in [2.75, 3.05) is 0 Å². The first kappa shape index (κ1) is 30.5. The summed E-state index contributed by atoms with van der Waals surface area (Å²) in [5.41, 5.74) is 0.246. The van der Waals surface area contributed by atoms with E-state index in [2.05, 4.69) is 46.5 Å². The molecule has 2 bridgehead atoms. The number of carbonyl (C=O) groups is 2. The highest BCUT2D eigenvalue weighted by Gasteiger charge is 2.69. The molecule has 0 amide bonds. The number of rotatable bonds is 4. The zero-order valence-electron chi connectivity index (χ0n) is 27.3. The molecule has 7 rings (SSSR count). The number of aromatic nitrogens is 1. The van der Waals surface area contributed by atoms with E-state index in [0.29, 0.717) is 18.3 Å². The van der Waals surface area contributed by atoms with Gasteiger partial charge < -0.3 is 24.1 Å². The van der Waals surface area contributed by atoms with E-state index in [0.717, 1.165) is 43.2 Å². The van der Waals surface area contributed by atoms with Gasteiger partial charge in [0.05, 0.1) is 23.4 Å². The summed E-state index contributed by atoms with van der Waals surface area (Å²) in [6, 6.07) is 3.85. The second-order valence-electron chi connectivity index (χ2n) is 16.0. The molecule has 3 heterocycles. The fourth-order valence-corrected chi connectivity index (χ4v) is 11.0. The van der Waals surface area contributed by atoms with Crippen molar-refractivity contribution in [3.05, 3.63) is 41.7 Å². The third kappa shape index (κ3) is 4.19. The number of aliphatic hydroxyl groups is 1. The maximum atomic E-state index is 12.7. The number of nitrogens with zero attached hydrogens (tertiary/aromatic N) is 1. The van der Waals surface area contributed by atoms with E-state index in [1.54, 1.807) is 18.5 Å². The Labute approximate surface area is 261 Å². The van der Waals surface area contributed by atoms with Crippen molar-refractivity contribution >= 4 is 11.8 Å². The maximum Gasteiger partial charge on any atom is 0.315 e. The minimum atomic E-state index is -1.29. The number of pyridine rings is 1. The van der Waals surface area contributed by atoms with Crippen molar-refractivity contribution < 1.29 is 33.6 Å². The molecule has 6 aliphatic rings. The molecule has 1 aromatic heterocycles. The first-order chi connectivity index (χ1) is 20.6. The Balaban J connectivity index is 1.18. The van der Waals surface area contributed by atoms with Crippen LogP contribution in [0, 0.1) is 40.4 Å². The van der Waals surface area contributed by atoms with E-state index < -0.39 is 34.8 Å². The van der Waals surface area contributed by atoms with Gasteiger partial charge in [-0.3, -0.25) is 14.6 Å². The van der Waals surface area contributed by atoms with Crippen molar-refractivity contribution in [1.29, 1.82) is 0 Å². The summed E-state index contributed by atoms with van der Waals surface area (Å²) in [4.78, 5) is 29.2. The Morgan fingerprint density at radius 2 is 1.86 bits per heavy atom. The summed E-state index contributed by atoms with van der Waals surface area (Å²) in [7, 11) is 0. The predicted molar refractivity (Wildman–Crippen MR) is 162 cm³/mol. The molecule has 8 nitrogen and oxygen atoms in total. The highest BCUT2D eigenvalue weighted by atomic mass is 16.9. The van der Waals surface area contributed by atoms with Crippen molar-refractivity contribution in [3.8, 4) is 0 Å². The van der Waals surface area contributed by atoms with Gasteiger partial charge in [0.1, 0.15) is 11.7 Å². The average molecular weight is 608 g/mol. The van der Waals surface area contributed by atoms with Crippen LogP contribution in [0.15, 0.2) is 36.2 Å². The van der Waals surface area contributed by atoms with Gasteiger partial charge in [-0.15, -0.1) is 0 Å². The van der Waals surface area contributed by atoms with Crippen molar-refractivity contribution in [2.24, 2.45) is 40.4 Å². The lowest BCUT2D eigenvalue weighted by atomic mass is 9.45. The second-order valence-corrected chi connectivity index (χ2v) is 16.0. The molecule has 240 valence electrons.